The van der Waals surface area contributed by atoms with Gasteiger partial charge in [0.15, 0.2) is 0 Å². The number of nitrogens with two attached hydrogens (primary N) is 1. The van der Waals surface area contributed by atoms with Crippen LogP contribution in [-0.4, -0.2) is 11.0 Å². The maximum Gasteiger partial charge on any atom is 0.250 e. The number of benzene rings is 2. The molecule has 4 N–H and O–H groups in total. The molecule has 0 aliphatic carbocycles. The molecule has 0 fully saturated rings. The molecule has 2 rings (SSSR count). The van der Waals surface area contributed by atoms with Gasteiger partial charge in [0, 0.05) is 5.69 Å². The predicted octanol–water partition coefficient (Wildman–Crippen LogP) is 3.71. The van der Waals surface area contributed by atoms with Crippen molar-refractivity contribution >= 4 is 23.2 Å². The molecule has 2 aromatic carbocycles. The number of nitrogens with one attached hydrogen (secondary N) is 1. The molecule has 0 aromatic heterocycles. The minimum Gasteiger partial charge on any atom is -0.508 e. The molecule has 0 heterocycles. The minimum absolute atomic E-state index is 0.0625. The van der Waals surface area contributed by atoms with Gasteiger partial charge in [0.1, 0.15) is 5.75 Å². The summed E-state index contributed by atoms with van der Waals surface area (Å²) >= 11 is 5.94. The number of carbonyl (C=O) groups excluding carboxylic acids is 1. The lowest BCUT2D eigenvalue weighted by Crippen LogP contribution is -2.13. The van der Waals surface area contributed by atoms with Gasteiger partial charge in [0.2, 0.25) is 5.91 Å². The zero-order chi connectivity index (χ0) is 15.4. The highest BCUT2D eigenvalue weighted by Crippen LogP contribution is 2.26. The van der Waals surface area contributed by atoms with Crippen molar-refractivity contribution in [1.29, 1.82) is 0 Å². The van der Waals surface area contributed by atoms with Gasteiger partial charge >= 0.3 is 0 Å². The lowest BCUT2D eigenvalue weighted by atomic mass is 10.0. The topological polar surface area (TPSA) is 75.3 Å². The van der Waals surface area contributed by atoms with Gasteiger partial charge in [-0.25, -0.2) is 0 Å². The summed E-state index contributed by atoms with van der Waals surface area (Å²) in [5.74, 6) is -0.322. The second-order valence-electron chi connectivity index (χ2n) is 4.76. The second kappa shape index (κ2) is 6.50. The van der Waals surface area contributed by atoms with Gasteiger partial charge in [-0.3, -0.25) is 4.79 Å². The van der Waals surface area contributed by atoms with Crippen molar-refractivity contribution in [2.24, 2.45) is 5.73 Å². The number of hydrogen-bond donors (Lipinski definition) is 3. The summed E-state index contributed by atoms with van der Waals surface area (Å²) in [6, 6.07) is 12.2. The molecule has 1 unspecified atom stereocenters. The minimum atomic E-state index is -0.554. The third-order valence-corrected chi connectivity index (χ3v) is 3.61. The average molecular weight is 305 g/mol. The van der Waals surface area contributed by atoms with E-state index in [-0.39, 0.29) is 11.8 Å². The number of rotatable bonds is 5. The van der Waals surface area contributed by atoms with E-state index in [2.05, 4.69) is 12.2 Å². The van der Waals surface area contributed by atoms with Gasteiger partial charge in [-0.1, -0.05) is 30.7 Å². The third kappa shape index (κ3) is 3.67. The Kier molecular flexibility index (Phi) is 4.70. The Bertz CT molecular complexity index is 641. The predicted molar refractivity (Wildman–Crippen MR) is 84.7 cm³/mol. The Hall–Kier alpha value is -2.20. The molecular formula is C16H17ClN2O2. The molecule has 1 amide bonds. The molecule has 0 radical (unpaired) electrons. The van der Waals surface area contributed by atoms with Crippen molar-refractivity contribution in [3.63, 3.8) is 0 Å². The Balaban J connectivity index is 2.24. The van der Waals surface area contributed by atoms with Crippen LogP contribution >= 0.6 is 11.6 Å². The van der Waals surface area contributed by atoms with Gasteiger partial charge in [0.05, 0.1) is 16.6 Å². The van der Waals surface area contributed by atoms with Crippen LogP contribution in [0.5, 0.6) is 5.75 Å². The standard InChI is InChI=1S/C16H17ClN2O2/c1-2-15(10-3-6-12(20)7-4-10)19-11-5-8-14(17)13(9-11)16(18)21/h3-9,15,19-20H,2H2,1H3,(H2,18,21). The summed E-state index contributed by atoms with van der Waals surface area (Å²) in [7, 11) is 0. The van der Waals surface area contributed by atoms with Crippen molar-refractivity contribution in [2.45, 2.75) is 19.4 Å². The second-order valence-corrected chi connectivity index (χ2v) is 5.16. The van der Waals surface area contributed by atoms with Crippen LogP contribution in [0.1, 0.15) is 35.3 Å². The molecule has 4 nitrogen and oxygen atoms in total. The number of halogens is 1. The highest BCUT2D eigenvalue weighted by atomic mass is 35.5. The Morgan fingerprint density at radius 3 is 2.52 bits per heavy atom. The molecule has 0 aliphatic rings. The average Bonchev–Trinajstić information content (AvgIpc) is 2.47. The van der Waals surface area contributed by atoms with Crippen LogP contribution < -0.4 is 11.1 Å². The van der Waals surface area contributed by atoms with Gasteiger partial charge in [0.25, 0.3) is 0 Å². The highest BCUT2D eigenvalue weighted by Gasteiger charge is 2.12. The number of carbonyl (C=O) groups is 1. The van der Waals surface area contributed by atoms with Crippen LogP contribution in [0.4, 0.5) is 5.69 Å². The number of anilines is 1. The first-order valence-corrected chi connectivity index (χ1v) is 7.04. The van der Waals surface area contributed by atoms with Crippen molar-refractivity contribution in [3.05, 3.63) is 58.6 Å². The molecule has 110 valence electrons. The number of hydrogen-bond acceptors (Lipinski definition) is 3. The van der Waals surface area contributed by atoms with E-state index in [1.165, 1.54) is 0 Å². The molecule has 0 spiro atoms. The fraction of sp³-hybridized carbons (Fsp3) is 0.188. The zero-order valence-electron chi connectivity index (χ0n) is 11.6. The van der Waals surface area contributed by atoms with Crippen LogP contribution in [0.2, 0.25) is 5.02 Å². The molecule has 2 aromatic rings. The van der Waals surface area contributed by atoms with Crippen molar-refractivity contribution in [1.82, 2.24) is 0 Å². The molecule has 0 bridgehead atoms. The number of amides is 1. The Morgan fingerprint density at radius 1 is 1.29 bits per heavy atom. The lowest BCUT2D eigenvalue weighted by Gasteiger charge is -2.19. The number of aromatic hydroxyl groups is 1. The van der Waals surface area contributed by atoms with E-state index < -0.39 is 5.91 Å². The van der Waals surface area contributed by atoms with Gasteiger partial charge < -0.3 is 16.2 Å². The fourth-order valence-electron chi connectivity index (χ4n) is 2.13. The number of phenols is 1. The smallest absolute Gasteiger partial charge is 0.250 e. The van der Waals surface area contributed by atoms with E-state index in [1.54, 1.807) is 30.3 Å². The zero-order valence-corrected chi connectivity index (χ0v) is 12.4. The number of primary amides is 1. The van der Waals surface area contributed by atoms with Crippen LogP contribution in [0, 0.1) is 0 Å². The van der Waals surface area contributed by atoms with Crippen LogP contribution in [0.15, 0.2) is 42.5 Å². The van der Waals surface area contributed by atoms with E-state index in [9.17, 15) is 9.90 Å². The summed E-state index contributed by atoms with van der Waals surface area (Å²) in [5, 5.41) is 13.0. The van der Waals surface area contributed by atoms with E-state index in [1.807, 2.05) is 12.1 Å². The Morgan fingerprint density at radius 2 is 1.95 bits per heavy atom. The molecule has 0 aliphatic heterocycles. The fourth-order valence-corrected chi connectivity index (χ4v) is 2.34. The third-order valence-electron chi connectivity index (χ3n) is 3.28. The first kappa shape index (κ1) is 15.2. The maximum atomic E-state index is 11.3. The maximum absolute atomic E-state index is 11.3. The van der Waals surface area contributed by atoms with E-state index in [0.29, 0.717) is 10.6 Å². The quantitative estimate of drug-likeness (QED) is 0.788. The first-order chi connectivity index (χ1) is 10.0. The molecular weight excluding hydrogens is 288 g/mol. The summed E-state index contributed by atoms with van der Waals surface area (Å²) in [6.07, 6.45) is 0.847. The van der Waals surface area contributed by atoms with Crippen LogP contribution in [0.25, 0.3) is 0 Å². The molecule has 0 saturated heterocycles. The molecule has 5 heteroatoms. The van der Waals surface area contributed by atoms with E-state index in [0.717, 1.165) is 17.7 Å². The molecule has 21 heavy (non-hydrogen) atoms. The summed E-state index contributed by atoms with van der Waals surface area (Å²) < 4.78 is 0. The summed E-state index contributed by atoms with van der Waals surface area (Å²) in [4.78, 5) is 11.3. The van der Waals surface area contributed by atoms with Gasteiger partial charge in [-0.05, 0) is 42.3 Å². The molecule has 0 saturated carbocycles. The first-order valence-electron chi connectivity index (χ1n) is 6.66. The van der Waals surface area contributed by atoms with Crippen molar-refractivity contribution < 1.29 is 9.90 Å². The summed E-state index contributed by atoms with van der Waals surface area (Å²) in [5.41, 5.74) is 7.41. The SMILES string of the molecule is CCC(Nc1ccc(Cl)c(C(N)=O)c1)c1ccc(O)cc1. The van der Waals surface area contributed by atoms with Gasteiger partial charge in [-0.2, -0.15) is 0 Å². The molecule has 1 atom stereocenters. The monoisotopic (exact) mass is 304 g/mol. The van der Waals surface area contributed by atoms with E-state index >= 15 is 0 Å². The number of phenolic OH excluding ortho intramolecular Hbond substituents is 1. The van der Waals surface area contributed by atoms with Crippen molar-refractivity contribution in [2.75, 3.05) is 5.32 Å². The largest absolute Gasteiger partial charge is 0.508 e. The normalized spacial score (nSPS) is 11.9. The summed E-state index contributed by atoms with van der Waals surface area (Å²) in [6.45, 7) is 2.05. The van der Waals surface area contributed by atoms with Crippen LogP contribution in [-0.2, 0) is 0 Å². The van der Waals surface area contributed by atoms with E-state index in [4.69, 9.17) is 17.3 Å². The van der Waals surface area contributed by atoms with Crippen LogP contribution in [0.3, 0.4) is 0 Å². The highest BCUT2D eigenvalue weighted by molar-refractivity contribution is 6.33. The van der Waals surface area contributed by atoms with Crippen molar-refractivity contribution in [3.8, 4) is 5.75 Å². The lowest BCUT2D eigenvalue weighted by molar-refractivity contribution is 0.100. The Labute approximate surface area is 128 Å². The van der Waals surface area contributed by atoms with Gasteiger partial charge in [-0.15, -0.1) is 0 Å².